The highest BCUT2D eigenvalue weighted by molar-refractivity contribution is 7.93. The first-order valence-electron chi connectivity index (χ1n) is 8.64. The second kappa shape index (κ2) is 9.86. The fraction of sp³-hybridized carbons (Fsp3) is 0.294. The highest BCUT2D eigenvalue weighted by Gasteiger charge is 2.20. The lowest BCUT2D eigenvalue weighted by molar-refractivity contribution is -0.112. The van der Waals surface area contributed by atoms with E-state index in [4.69, 9.17) is 8.92 Å². The zero-order chi connectivity index (χ0) is 23.2. The normalized spacial score (nSPS) is 12.1. The lowest BCUT2D eigenvalue weighted by Gasteiger charge is -2.11. The zero-order valence-corrected chi connectivity index (χ0v) is 19.1. The largest absolute Gasteiger partial charge is 0.490 e. The van der Waals surface area contributed by atoms with Gasteiger partial charge in [-0.05, 0) is 30.7 Å². The maximum absolute atomic E-state index is 12.4. The van der Waals surface area contributed by atoms with Crippen molar-refractivity contribution in [3.8, 4) is 17.6 Å². The number of anilines is 1. The van der Waals surface area contributed by atoms with Crippen molar-refractivity contribution in [3.63, 3.8) is 0 Å². The molecule has 0 spiro atoms. The quantitative estimate of drug-likeness (QED) is 0.238. The van der Waals surface area contributed by atoms with Crippen molar-refractivity contribution in [2.24, 2.45) is 0 Å². The van der Waals surface area contributed by atoms with E-state index in [2.05, 4.69) is 15.5 Å². The number of hydrogen-bond donors (Lipinski definition) is 1. The summed E-state index contributed by atoms with van der Waals surface area (Å²) in [5.41, 5.74) is 0.0526. The molecule has 0 aliphatic heterocycles. The van der Waals surface area contributed by atoms with Gasteiger partial charge in [0.05, 0.1) is 18.6 Å². The number of carbonyl (C=O) groups excluding carboxylic acids is 1. The number of ether oxygens (including phenoxy) is 1. The molecule has 1 aromatic carbocycles. The molecule has 0 aliphatic rings. The average Bonchev–Trinajstić information content (AvgIpc) is 3.16. The molecule has 0 bridgehead atoms. The van der Waals surface area contributed by atoms with E-state index in [0.29, 0.717) is 16.9 Å². The van der Waals surface area contributed by atoms with E-state index in [1.807, 2.05) is 0 Å². The summed E-state index contributed by atoms with van der Waals surface area (Å²) in [5, 5.41) is 18.7. The molecule has 0 saturated carbocycles. The predicted molar refractivity (Wildman–Crippen MR) is 113 cm³/mol. The number of rotatable bonds is 9. The molecule has 31 heavy (non-hydrogen) atoms. The molecule has 0 radical (unpaired) electrons. The summed E-state index contributed by atoms with van der Waals surface area (Å²) < 4.78 is 56.3. The minimum atomic E-state index is -3.78. The Bertz CT molecular complexity index is 1260. The number of nitrogens with one attached hydrogen (secondary N) is 1. The van der Waals surface area contributed by atoms with Gasteiger partial charge in [-0.15, -0.1) is 10.2 Å². The van der Waals surface area contributed by atoms with Gasteiger partial charge in [-0.2, -0.15) is 13.7 Å². The summed E-state index contributed by atoms with van der Waals surface area (Å²) in [6, 6.07) is 5.92. The Labute approximate surface area is 183 Å². The molecule has 1 N–H and O–H groups in total. The smallest absolute Gasteiger partial charge is 0.306 e. The van der Waals surface area contributed by atoms with Gasteiger partial charge in [-0.1, -0.05) is 24.3 Å². The second-order valence-corrected chi connectivity index (χ2v) is 10.8. The molecule has 1 aromatic heterocycles. The number of benzene rings is 1. The van der Waals surface area contributed by atoms with Crippen molar-refractivity contribution in [1.29, 1.82) is 5.26 Å². The summed E-state index contributed by atoms with van der Waals surface area (Å²) in [4.78, 5) is 12.4. The first-order valence-corrected chi connectivity index (χ1v) is 12.9. The molecule has 0 unspecified atom stereocenters. The SMILES string of the molecule is CCOc1cc(C=C(C#N)C(=O)Nc2nnc(S(=O)(=O)CC)s2)ccc1OS(C)(=O)=O. The lowest BCUT2D eigenvalue weighted by atomic mass is 10.1. The number of nitriles is 1. The van der Waals surface area contributed by atoms with Crippen molar-refractivity contribution in [3.05, 3.63) is 29.3 Å². The van der Waals surface area contributed by atoms with Crippen LogP contribution in [0.25, 0.3) is 6.08 Å². The molecule has 1 amide bonds. The summed E-state index contributed by atoms with van der Waals surface area (Å²) >= 11 is 0.671. The predicted octanol–water partition coefficient (Wildman–Crippen LogP) is 1.61. The number of amides is 1. The molecule has 0 aliphatic carbocycles. The Morgan fingerprint density at radius 3 is 2.52 bits per heavy atom. The average molecular weight is 487 g/mol. The van der Waals surface area contributed by atoms with E-state index in [1.54, 1.807) is 13.0 Å². The van der Waals surface area contributed by atoms with Crippen LogP contribution in [-0.4, -0.2) is 51.6 Å². The Morgan fingerprint density at radius 2 is 1.94 bits per heavy atom. The minimum absolute atomic E-state index is 0.0389. The van der Waals surface area contributed by atoms with Crippen LogP contribution in [0.3, 0.4) is 0 Å². The third-order valence-corrected chi connectivity index (χ3v) is 6.96. The van der Waals surface area contributed by atoms with Gasteiger partial charge in [0.15, 0.2) is 11.5 Å². The minimum Gasteiger partial charge on any atom is -0.490 e. The first kappa shape index (κ1) is 24.3. The van der Waals surface area contributed by atoms with Gasteiger partial charge >= 0.3 is 10.1 Å². The number of carbonyl (C=O) groups is 1. The summed E-state index contributed by atoms with van der Waals surface area (Å²) in [7, 11) is -7.35. The third-order valence-electron chi connectivity index (χ3n) is 3.46. The van der Waals surface area contributed by atoms with Crippen LogP contribution in [0.1, 0.15) is 19.4 Å². The van der Waals surface area contributed by atoms with Crippen LogP contribution in [0, 0.1) is 11.3 Å². The van der Waals surface area contributed by atoms with Crippen LogP contribution in [0.5, 0.6) is 11.5 Å². The number of aromatic nitrogens is 2. The molecule has 0 atom stereocenters. The van der Waals surface area contributed by atoms with Crippen LogP contribution in [0.15, 0.2) is 28.1 Å². The maximum atomic E-state index is 12.4. The fourth-order valence-corrected chi connectivity index (χ4v) is 4.55. The number of nitrogens with zero attached hydrogens (tertiary/aromatic N) is 3. The van der Waals surface area contributed by atoms with Crippen molar-refractivity contribution >= 4 is 48.4 Å². The highest BCUT2D eigenvalue weighted by Crippen LogP contribution is 2.30. The molecule has 2 aromatic rings. The van der Waals surface area contributed by atoms with E-state index in [0.717, 1.165) is 6.26 Å². The van der Waals surface area contributed by atoms with E-state index in [9.17, 15) is 26.9 Å². The van der Waals surface area contributed by atoms with Crippen LogP contribution in [0.4, 0.5) is 5.13 Å². The molecule has 1 heterocycles. The molecule has 2 rings (SSSR count). The van der Waals surface area contributed by atoms with E-state index in [1.165, 1.54) is 31.2 Å². The van der Waals surface area contributed by atoms with Gasteiger partial charge in [0.2, 0.25) is 19.3 Å². The molecular formula is C17H18N4O7S3. The molecule has 166 valence electrons. The first-order chi connectivity index (χ1) is 14.5. The number of hydrogen-bond acceptors (Lipinski definition) is 11. The maximum Gasteiger partial charge on any atom is 0.306 e. The topological polar surface area (TPSA) is 165 Å². The van der Waals surface area contributed by atoms with Gasteiger partial charge in [-0.25, -0.2) is 8.42 Å². The van der Waals surface area contributed by atoms with Gasteiger partial charge < -0.3 is 8.92 Å². The third kappa shape index (κ3) is 6.74. The summed E-state index contributed by atoms with van der Waals surface area (Å²) in [5.74, 6) is -0.922. The van der Waals surface area contributed by atoms with Crippen molar-refractivity contribution in [2.45, 2.75) is 18.2 Å². The molecule has 14 heteroatoms. The summed E-state index contributed by atoms with van der Waals surface area (Å²) in [6.07, 6.45) is 2.13. The molecular weight excluding hydrogens is 468 g/mol. The Morgan fingerprint density at radius 1 is 1.23 bits per heavy atom. The fourth-order valence-electron chi connectivity index (χ4n) is 2.10. The van der Waals surface area contributed by atoms with Crippen molar-refractivity contribution < 1.29 is 30.6 Å². The zero-order valence-electron chi connectivity index (χ0n) is 16.6. The van der Waals surface area contributed by atoms with Crippen LogP contribution >= 0.6 is 11.3 Å². The molecule has 0 fully saturated rings. The summed E-state index contributed by atoms with van der Waals surface area (Å²) in [6.45, 7) is 3.36. The van der Waals surface area contributed by atoms with Crippen molar-refractivity contribution in [1.82, 2.24) is 10.2 Å². The van der Waals surface area contributed by atoms with Gasteiger partial charge in [0.1, 0.15) is 11.6 Å². The van der Waals surface area contributed by atoms with Gasteiger partial charge in [-0.3, -0.25) is 10.1 Å². The van der Waals surface area contributed by atoms with Gasteiger partial charge in [0, 0.05) is 0 Å². The molecule has 0 saturated heterocycles. The van der Waals surface area contributed by atoms with Crippen molar-refractivity contribution in [2.75, 3.05) is 23.9 Å². The van der Waals surface area contributed by atoms with E-state index in [-0.39, 0.29) is 38.9 Å². The van der Waals surface area contributed by atoms with E-state index >= 15 is 0 Å². The van der Waals surface area contributed by atoms with E-state index < -0.39 is 25.9 Å². The Hall–Kier alpha value is -3.02. The Kier molecular flexibility index (Phi) is 7.71. The van der Waals surface area contributed by atoms with Crippen LogP contribution in [-0.2, 0) is 24.7 Å². The lowest BCUT2D eigenvalue weighted by Crippen LogP contribution is -2.13. The highest BCUT2D eigenvalue weighted by atomic mass is 32.2. The Balaban J connectivity index is 2.29. The number of sulfone groups is 1. The monoisotopic (exact) mass is 486 g/mol. The van der Waals surface area contributed by atoms with Gasteiger partial charge in [0.25, 0.3) is 5.91 Å². The second-order valence-electron chi connectivity index (χ2n) is 5.83. The van der Waals surface area contributed by atoms with Crippen LogP contribution < -0.4 is 14.2 Å². The standard InChI is InChI=1S/C17H18N4O7S3/c1-4-27-14-9-11(6-7-13(14)28-30(3,23)24)8-12(10-18)15(22)19-16-20-21-17(29-16)31(25,26)5-2/h6-9H,4-5H2,1-3H3,(H,19,20,22). The molecule has 11 nitrogen and oxygen atoms in total. The van der Waals surface area contributed by atoms with Crippen LogP contribution in [0.2, 0.25) is 0 Å².